The van der Waals surface area contributed by atoms with Gasteiger partial charge in [0.25, 0.3) is 0 Å². The van der Waals surface area contributed by atoms with Gasteiger partial charge in [-0.2, -0.15) is 0 Å². The number of rotatable bonds is 1. The molecule has 82 valence electrons. The monoisotopic (exact) mass is 206 g/mol. The maximum absolute atomic E-state index is 10.6. The third kappa shape index (κ3) is 2.21. The van der Waals surface area contributed by atoms with Crippen molar-refractivity contribution in [3.05, 3.63) is 0 Å². The largest absolute Gasteiger partial charge is 0.454 e. The van der Waals surface area contributed by atoms with Crippen molar-refractivity contribution in [1.29, 1.82) is 0 Å². The number of carbonyl (C=O) groups excluding carboxylic acids is 1. The SMILES string of the molecule is CC(=O)OC1C(O)OC(C)[C@H](O)C1O. The van der Waals surface area contributed by atoms with E-state index in [1.54, 1.807) is 0 Å². The number of aliphatic hydroxyl groups excluding tert-OH is 3. The van der Waals surface area contributed by atoms with Crippen LogP contribution in [0.2, 0.25) is 0 Å². The quantitative estimate of drug-likeness (QED) is 0.446. The molecule has 4 unspecified atom stereocenters. The first-order chi connectivity index (χ1) is 6.43. The zero-order valence-electron chi connectivity index (χ0n) is 7.95. The van der Waals surface area contributed by atoms with Crippen LogP contribution in [-0.4, -0.2) is 52.0 Å². The van der Waals surface area contributed by atoms with Gasteiger partial charge < -0.3 is 24.8 Å². The lowest BCUT2D eigenvalue weighted by Gasteiger charge is -2.38. The van der Waals surface area contributed by atoms with Crippen LogP contribution < -0.4 is 0 Å². The van der Waals surface area contributed by atoms with E-state index in [0.717, 1.165) is 6.92 Å². The summed E-state index contributed by atoms with van der Waals surface area (Å²) in [6, 6.07) is 0. The summed E-state index contributed by atoms with van der Waals surface area (Å²) < 4.78 is 9.46. The van der Waals surface area contributed by atoms with Gasteiger partial charge in [0.2, 0.25) is 0 Å². The summed E-state index contributed by atoms with van der Waals surface area (Å²) in [6.45, 7) is 2.64. The molecule has 6 nitrogen and oxygen atoms in total. The Labute approximate surface area is 81.1 Å². The summed E-state index contributed by atoms with van der Waals surface area (Å²) in [6.07, 6.45) is -5.86. The van der Waals surface area contributed by atoms with Gasteiger partial charge in [0.15, 0.2) is 12.4 Å². The van der Waals surface area contributed by atoms with Crippen LogP contribution in [0.4, 0.5) is 0 Å². The third-order valence-corrected chi connectivity index (χ3v) is 2.10. The Balaban J connectivity index is 2.68. The van der Waals surface area contributed by atoms with E-state index < -0.39 is 36.7 Å². The summed E-state index contributed by atoms with van der Waals surface area (Å²) >= 11 is 0. The molecule has 6 heteroatoms. The molecule has 0 aromatic heterocycles. The van der Waals surface area contributed by atoms with Crippen LogP contribution in [0.1, 0.15) is 13.8 Å². The third-order valence-electron chi connectivity index (χ3n) is 2.10. The summed E-state index contributed by atoms with van der Waals surface area (Å²) in [5, 5.41) is 28.1. The number of aliphatic hydroxyl groups is 3. The number of carbonyl (C=O) groups is 1. The fourth-order valence-electron chi connectivity index (χ4n) is 1.34. The molecule has 1 saturated heterocycles. The molecule has 1 fully saturated rings. The summed E-state index contributed by atoms with van der Waals surface area (Å²) in [5.74, 6) is -0.654. The Hall–Kier alpha value is -0.690. The molecule has 3 N–H and O–H groups in total. The number of ether oxygens (including phenoxy) is 2. The lowest BCUT2D eigenvalue weighted by Crippen LogP contribution is -2.57. The van der Waals surface area contributed by atoms with E-state index in [0.29, 0.717) is 0 Å². The zero-order valence-corrected chi connectivity index (χ0v) is 7.95. The van der Waals surface area contributed by atoms with Crippen LogP contribution in [0.5, 0.6) is 0 Å². The second kappa shape index (κ2) is 4.22. The average Bonchev–Trinajstić information content (AvgIpc) is 2.09. The first-order valence-electron chi connectivity index (χ1n) is 4.30. The normalized spacial score (nSPS) is 43.4. The van der Waals surface area contributed by atoms with Crippen molar-refractivity contribution in [2.45, 2.75) is 44.6 Å². The molecule has 1 heterocycles. The zero-order chi connectivity index (χ0) is 10.9. The number of esters is 1. The molecule has 0 radical (unpaired) electrons. The van der Waals surface area contributed by atoms with E-state index in [9.17, 15) is 20.1 Å². The summed E-state index contributed by atoms with van der Waals surface area (Å²) in [5.41, 5.74) is 0. The Bertz CT molecular complexity index is 218. The highest BCUT2D eigenvalue weighted by atomic mass is 16.7. The minimum atomic E-state index is -1.41. The molecule has 0 spiro atoms. The van der Waals surface area contributed by atoms with E-state index >= 15 is 0 Å². The van der Waals surface area contributed by atoms with Gasteiger partial charge in [-0.1, -0.05) is 0 Å². The fraction of sp³-hybridized carbons (Fsp3) is 0.875. The molecule has 0 aromatic carbocycles. The molecule has 1 aliphatic rings. The van der Waals surface area contributed by atoms with Gasteiger partial charge in [0, 0.05) is 6.92 Å². The highest BCUT2D eigenvalue weighted by molar-refractivity contribution is 5.66. The van der Waals surface area contributed by atoms with Crippen molar-refractivity contribution in [2.24, 2.45) is 0 Å². The van der Waals surface area contributed by atoms with Crippen LogP contribution in [0.3, 0.4) is 0 Å². The minimum absolute atomic E-state index is 0.654. The standard InChI is InChI=1S/C8H14O6/c1-3-5(10)6(11)7(8(12)13-3)14-4(2)9/h3,5-8,10-12H,1-2H3/t3?,5-,6?,7?,8?/m0/s1. The molecule has 0 amide bonds. The molecule has 5 atom stereocenters. The maximum atomic E-state index is 10.6. The predicted molar refractivity (Wildman–Crippen MR) is 44.1 cm³/mol. The van der Waals surface area contributed by atoms with Crippen molar-refractivity contribution < 1.29 is 29.6 Å². The first-order valence-corrected chi connectivity index (χ1v) is 4.30. The van der Waals surface area contributed by atoms with E-state index in [1.165, 1.54) is 6.92 Å². The maximum Gasteiger partial charge on any atom is 0.303 e. The molecule has 0 aliphatic carbocycles. The Kier molecular flexibility index (Phi) is 3.43. The Morgan fingerprint density at radius 2 is 1.86 bits per heavy atom. The smallest absolute Gasteiger partial charge is 0.303 e. The van der Waals surface area contributed by atoms with Crippen LogP contribution >= 0.6 is 0 Å². The van der Waals surface area contributed by atoms with Crippen LogP contribution in [0.25, 0.3) is 0 Å². The fourth-order valence-corrected chi connectivity index (χ4v) is 1.34. The molecule has 14 heavy (non-hydrogen) atoms. The van der Waals surface area contributed by atoms with Gasteiger partial charge in [-0.15, -0.1) is 0 Å². The first kappa shape index (κ1) is 11.4. The summed E-state index contributed by atoms with van der Waals surface area (Å²) in [7, 11) is 0. The van der Waals surface area contributed by atoms with Gasteiger partial charge >= 0.3 is 5.97 Å². The number of hydrogen-bond acceptors (Lipinski definition) is 6. The molecular weight excluding hydrogens is 192 g/mol. The molecule has 0 aromatic rings. The number of hydrogen-bond donors (Lipinski definition) is 3. The van der Waals surface area contributed by atoms with E-state index in [-0.39, 0.29) is 0 Å². The topological polar surface area (TPSA) is 96.2 Å². The van der Waals surface area contributed by atoms with Crippen molar-refractivity contribution in [3.8, 4) is 0 Å². The lowest BCUT2D eigenvalue weighted by molar-refractivity contribution is -0.282. The van der Waals surface area contributed by atoms with Gasteiger partial charge in [-0.3, -0.25) is 4.79 Å². The van der Waals surface area contributed by atoms with Crippen molar-refractivity contribution in [1.82, 2.24) is 0 Å². The average molecular weight is 206 g/mol. The predicted octanol–water partition coefficient (Wildman–Crippen LogP) is -1.62. The minimum Gasteiger partial charge on any atom is -0.454 e. The Morgan fingerprint density at radius 3 is 2.36 bits per heavy atom. The highest BCUT2D eigenvalue weighted by Crippen LogP contribution is 2.21. The van der Waals surface area contributed by atoms with Crippen molar-refractivity contribution >= 4 is 5.97 Å². The van der Waals surface area contributed by atoms with Crippen molar-refractivity contribution in [2.75, 3.05) is 0 Å². The molecular formula is C8H14O6. The van der Waals surface area contributed by atoms with Gasteiger partial charge in [-0.25, -0.2) is 0 Å². The molecule has 0 bridgehead atoms. The van der Waals surface area contributed by atoms with Gasteiger partial charge in [0.05, 0.1) is 6.10 Å². The highest BCUT2D eigenvalue weighted by Gasteiger charge is 2.43. The molecule has 1 aliphatic heterocycles. The van der Waals surface area contributed by atoms with E-state index in [4.69, 9.17) is 4.74 Å². The second-order valence-corrected chi connectivity index (χ2v) is 3.29. The van der Waals surface area contributed by atoms with Gasteiger partial charge in [-0.05, 0) is 6.92 Å². The van der Waals surface area contributed by atoms with Crippen LogP contribution in [-0.2, 0) is 14.3 Å². The van der Waals surface area contributed by atoms with Crippen LogP contribution in [0.15, 0.2) is 0 Å². The second-order valence-electron chi connectivity index (χ2n) is 3.29. The van der Waals surface area contributed by atoms with E-state index in [1.807, 2.05) is 0 Å². The Morgan fingerprint density at radius 1 is 1.29 bits per heavy atom. The molecule has 0 saturated carbocycles. The van der Waals surface area contributed by atoms with Crippen LogP contribution in [0, 0.1) is 0 Å². The molecule has 1 rings (SSSR count). The van der Waals surface area contributed by atoms with Gasteiger partial charge in [0.1, 0.15) is 12.2 Å². The lowest BCUT2D eigenvalue weighted by atomic mass is 10.00. The van der Waals surface area contributed by atoms with E-state index in [2.05, 4.69) is 4.74 Å². The summed E-state index contributed by atoms with van der Waals surface area (Å²) in [4.78, 5) is 10.6. The van der Waals surface area contributed by atoms with Crippen molar-refractivity contribution in [3.63, 3.8) is 0 Å².